The molecule has 0 saturated carbocycles. The van der Waals surface area contributed by atoms with Crippen LogP contribution in [0.5, 0.6) is 0 Å². The van der Waals surface area contributed by atoms with Gasteiger partial charge in [-0.2, -0.15) is 0 Å². The number of benzene rings is 1. The van der Waals surface area contributed by atoms with Crippen molar-refractivity contribution in [3.8, 4) is 0 Å². The Morgan fingerprint density at radius 3 is 2.75 bits per heavy atom. The third-order valence-corrected chi connectivity index (χ3v) is 2.81. The van der Waals surface area contributed by atoms with Crippen molar-refractivity contribution in [1.82, 2.24) is 5.32 Å². The number of rotatable bonds is 6. The zero-order valence-electron chi connectivity index (χ0n) is 9.69. The lowest BCUT2D eigenvalue weighted by molar-refractivity contribution is 0.505. The Kier molecular flexibility index (Phi) is 5.56. The number of halogens is 2. The lowest BCUT2D eigenvalue weighted by Crippen LogP contribution is -2.25. The highest BCUT2D eigenvalue weighted by Crippen LogP contribution is 2.19. The number of anilines is 1. The van der Waals surface area contributed by atoms with E-state index in [1.807, 2.05) is 7.05 Å². The highest BCUT2D eigenvalue weighted by atomic mass is 35.5. The van der Waals surface area contributed by atoms with Gasteiger partial charge in [-0.15, -0.1) is 0 Å². The molecule has 0 aromatic heterocycles. The highest BCUT2D eigenvalue weighted by molar-refractivity contribution is 6.30. The molecule has 0 spiro atoms. The molecule has 0 heterocycles. The van der Waals surface area contributed by atoms with Crippen LogP contribution in [-0.4, -0.2) is 20.1 Å². The van der Waals surface area contributed by atoms with Crippen LogP contribution in [0.4, 0.5) is 10.1 Å². The molecule has 1 atom stereocenters. The average molecular weight is 245 g/mol. The molecule has 0 aliphatic rings. The standard InChI is InChI=1S/C12H18ClFN2/c1-3-9(7-15-2)8-16-12-6-10(13)4-5-11(12)14/h4-6,9,15-16H,3,7-8H2,1-2H3. The Labute approximate surface area is 101 Å². The van der Waals surface area contributed by atoms with Crippen LogP contribution in [0.25, 0.3) is 0 Å². The van der Waals surface area contributed by atoms with E-state index in [0.717, 1.165) is 19.5 Å². The van der Waals surface area contributed by atoms with Gasteiger partial charge in [-0.1, -0.05) is 24.9 Å². The summed E-state index contributed by atoms with van der Waals surface area (Å²) in [5.74, 6) is 0.229. The molecule has 0 radical (unpaired) electrons. The molecule has 0 amide bonds. The lowest BCUT2D eigenvalue weighted by Gasteiger charge is -2.16. The van der Waals surface area contributed by atoms with E-state index in [0.29, 0.717) is 16.6 Å². The molecule has 1 aromatic carbocycles. The number of nitrogens with one attached hydrogen (secondary N) is 2. The fourth-order valence-electron chi connectivity index (χ4n) is 1.54. The van der Waals surface area contributed by atoms with Crippen LogP contribution in [0.15, 0.2) is 18.2 Å². The summed E-state index contributed by atoms with van der Waals surface area (Å²) in [6.07, 6.45) is 1.05. The topological polar surface area (TPSA) is 24.1 Å². The van der Waals surface area contributed by atoms with Gasteiger partial charge in [0.05, 0.1) is 5.69 Å². The molecule has 0 aliphatic carbocycles. The number of hydrogen-bond donors (Lipinski definition) is 2. The molecule has 4 heteroatoms. The van der Waals surface area contributed by atoms with Crippen molar-refractivity contribution < 1.29 is 4.39 Å². The Morgan fingerprint density at radius 1 is 1.38 bits per heavy atom. The van der Waals surface area contributed by atoms with Crippen LogP contribution in [0.3, 0.4) is 0 Å². The molecule has 0 fully saturated rings. The molecule has 2 nitrogen and oxygen atoms in total. The first kappa shape index (κ1) is 13.3. The summed E-state index contributed by atoms with van der Waals surface area (Å²) >= 11 is 5.81. The number of hydrogen-bond acceptors (Lipinski definition) is 2. The van der Waals surface area contributed by atoms with Gasteiger partial charge in [-0.25, -0.2) is 4.39 Å². The molecule has 1 aromatic rings. The lowest BCUT2D eigenvalue weighted by atomic mass is 10.1. The quantitative estimate of drug-likeness (QED) is 0.804. The Morgan fingerprint density at radius 2 is 2.12 bits per heavy atom. The Balaban J connectivity index is 2.55. The molecule has 1 unspecified atom stereocenters. The molecule has 0 aliphatic heterocycles. The summed E-state index contributed by atoms with van der Waals surface area (Å²) < 4.78 is 13.4. The summed E-state index contributed by atoms with van der Waals surface area (Å²) in [4.78, 5) is 0. The van der Waals surface area contributed by atoms with E-state index in [1.54, 1.807) is 12.1 Å². The monoisotopic (exact) mass is 244 g/mol. The molecule has 2 N–H and O–H groups in total. The van der Waals surface area contributed by atoms with Gasteiger partial charge in [0.1, 0.15) is 5.82 Å². The predicted octanol–water partition coefficient (Wildman–Crippen LogP) is 3.14. The molecule has 0 saturated heterocycles. The first-order valence-corrected chi connectivity index (χ1v) is 5.88. The van der Waals surface area contributed by atoms with Gasteiger partial charge in [0.15, 0.2) is 0 Å². The molecule has 90 valence electrons. The molecular weight excluding hydrogens is 227 g/mol. The van der Waals surface area contributed by atoms with Crippen molar-refractivity contribution >= 4 is 17.3 Å². The van der Waals surface area contributed by atoms with Gasteiger partial charge in [0.25, 0.3) is 0 Å². The second-order valence-corrected chi connectivity index (χ2v) is 4.27. The molecule has 1 rings (SSSR count). The normalized spacial score (nSPS) is 12.5. The van der Waals surface area contributed by atoms with E-state index in [9.17, 15) is 4.39 Å². The molecule has 0 bridgehead atoms. The SMILES string of the molecule is CCC(CNC)CNc1cc(Cl)ccc1F. The first-order chi connectivity index (χ1) is 7.67. The zero-order valence-corrected chi connectivity index (χ0v) is 10.4. The Bertz CT molecular complexity index is 331. The van der Waals surface area contributed by atoms with Crippen LogP contribution < -0.4 is 10.6 Å². The molecular formula is C12H18ClFN2. The average Bonchev–Trinajstić information content (AvgIpc) is 2.28. The van der Waals surface area contributed by atoms with Gasteiger partial charge in [-0.05, 0) is 37.7 Å². The van der Waals surface area contributed by atoms with Crippen molar-refractivity contribution in [2.24, 2.45) is 5.92 Å². The van der Waals surface area contributed by atoms with E-state index >= 15 is 0 Å². The van der Waals surface area contributed by atoms with Crippen molar-refractivity contribution in [3.63, 3.8) is 0 Å². The maximum Gasteiger partial charge on any atom is 0.146 e. The van der Waals surface area contributed by atoms with Crippen molar-refractivity contribution in [2.45, 2.75) is 13.3 Å². The minimum absolute atomic E-state index is 0.260. The fourth-order valence-corrected chi connectivity index (χ4v) is 1.71. The van der Waals surface area contributed by atoms with Crippen LogP contribution in [0, 0.1) is 11.7 Å². The zero-order chi connectivity index (χ0) is 12.0. The molecule has 16 heavy (non-hydrogen) atoms. The van der Waals surface area contributed by atoms with Gasteiger partial charge in [-0.3, -0.25) is 0 Å². The minimum Gasteiger partial charge on any atom is -0.382 e. The summed E-state index contributed by atoms with van der Waals surface area (Å²) in [6.45, 7) is 3.79. The third kappa shape index (κ3) is 3.99. The predicted molar refractivity (Wildman–Crippen MR) is 67.6 cm³/mol. The van der Waals surface area contributed by atoms with E-state index in [1.165, 1.54) is 6.07 Å². The fraction of sp³-hybridized carbons (Fsp3) is 0.500. The maximum atomic E-state index is 13.4. The van der Waals surface area contributed by atoms with Gasteiger partial charge >= 0.3 is 0 Å². The smallest absolute Gasteiger partial charge is 0.146 e. The minimum atomic E-state index is -0.260. The van der Waals surface area contributed by atoms with E-state index in [-0.39, 0.29) is 5.82 Å². The van der Waals surface area contributed by atoms with Gasteiger partial charge < -0.3 is 10.6 Å². The summed E-state index contributed by atoms with van der Waals surface area (Å²) in [7, 11) is 1.92. The van der Waals surface area contributed by atoms with Crippen LogP contribution in [0.1, 0.15) is 13.3 Å². The van der Waals surface area contributed by atoms with Crippen LogP contribution in [-0.2, 0) is 0 Å². The summed E-state index contributed by atoms with van der Waals surface area (Å²) in [6, 6.07) is 4.54. The van der Waals surface area contributed by atoms with Crippen LogP contribution in [0.2, 0.25) is 5.02 Å². The largest absolute Gasteiger partial charge is 0.382 e. The van der Waals surface area contributed by atoms with Crippen molar-refractivity contribution in [2.75, 3.05) is 25.5 Å². The Hall–Kier alpha value is -0.800. The first-order valence-electron chi connectivity index (χ1n) is 5.50. The van der Waals surface area contributed by atoms with Crippen molar-refractivity contribution in [3.05, 3.63) is 29.0 Å². The van der Waals surface area contributed by atoms with E-state index < -0.39 is 0 Å². The highest BCUT2D eigenvalue weighted by Gasteiger charge is 2.07. The van der Waals surface area contributed by atoms with E-state index in [4.69, 9.17) is 11.6 Å². The van der Waals surface area contributed by atoms with Gasteiger partial charge in [0, 0.05) is 11.6 Å². The maximum absolute atomic E-state index is 13.4. The van der Waals surface area contributed by atoms with Crippen molar-refractivity contribution in [1.29, 1.82) is 0 Å². The van der Waals surface area contributed by atoms with Crippen LogP contribution >= 0.6 is 11.6 Å². The summed E-state index contributed by atoms with van der Waals surface area (Å²) in [5.41, 5.74) is 0.474. The summed E-state index contributed by atoms with van der Waals surface area (Å²) in [5, 5.41) is 6.76. The van der Waals surface area contributed by atoms with Gasteiger partial charge in [0.2, 0.25) is 0 Å². The van der Waals surface area contributed by atoms with E-state index in [2.05, 4.69) is 17.6 Å². The second kappa shape index (κ2) is 6.71. The third-order valence-electron chi connectivity index (χ3n) is 2.58. The second-order valence-electron chi connectivity index (χ2n) is 3.84.